The molecular weight excluding hydrogens is 336 g/mol. The van der Waals surface area contributed by atoms with Crippen LogP contribution in [0.4, 0.5) is 5.69 Å². The molecule has 1 aromatic carbocycles. The van der Waals surface area contributed by atoms with E-state index in [-0.39, 0.29) is 17.9 Å². The molecule has 6 heteroatoms. The van der Waals surface area contributed by atoms with E-state index < -0.39 is 0 Å². The van der Waals surface area contributed by atoms with Crippen molar-refractivity contribution in [2.45, 2.75) is 19.4 Å². The van der Waals surface area contributed by atoms with E-state index in [9.17, 15) is 4.79 Å². The van der Waals surface area contributed by atoms with Crippen LogP contribution in [0, 0.1) is 5.92 Å². The number of hydrogen-bond acceptors (Lipinski definition) is 4. The van der Waals surface area contributed by atoms with E-state index in [4.69, 9.17) is 9.47 Å². The molecule has 0 bridgehead atoms. The van der Waals surface area contributed by atoms with Gasteiger partial charge in [-0.1, -0.05) is 22.9 Å². The standard InChI is InChI=1S/C15H21BrN2O3/c1-3-6-17-13-9-21-8-11(13)15(19)18-12-7-10(16)4-5-14(12)20-2/h4-5,7,11,13,17H,3,6,8-9H2,1-2H3,(H,18,19). The largest absolute Gasteiger partial charge is 0.495 e. The maximum Gasteiger partial charge on any atom is 0.231 e. The predicted molar refractivity (Wildman–Crippen MR) is 85.7 cm³/mol. The van der Waals surface area contributed by atoms with E-state index in [1.165, 1.54) is 0 Å². The summed E-state index contributed by atoms with van der Waals surface area (Å²) < 4.78 is 11.6. The molecule has 1 aliphatic heterocycles. The van der Waals surface area contributed by atoms with E-state index in [2.05, 4.69) is 33.5 Å². The average molecular weight is 357 g/mol. The lowest BCUT2D eigenvalue weighted by atomic mass is 10.0. The van der Waals surface area contributed by atoms with Crippen molar-refractivity contribution in [2.24, 2.45) is 5.92 Å². The van der Waals surface area contributed by atoms with Crippen molar-refractivity contribution < 1.29 is 14.3 Å². The van der Waals surface area contributed by atoms with E-state index in [1.54, 1.807) is 7.11 Å². The number of methoxy groups -OCH3 is 1. The molecule has 0 radical (unpaired) electrons. The molecule has 2 N–H and O–H groups in total. The van der Waals surface area contributed by atoms with Gasteiger partial charge >= 0.3 is 0 Å². The van der Waals surface area contributed by atoms with E-state index in [0.29, 0.717) is 24.7 Å². The minimum Gasteiger partial charge on any atom is -0.495 e. The topological polar surface area (TPSA) is 59.6 Å². The molecule has 1 saturated heterocycles. The van der Waals surface area contributed by atoms with Crippen LogP contribution < -0.4 is 15.4 Å². The molecule has 21 heavy (non-hydrogen) atoms. The fourth-order valence-corrected chi connectivity index (χ4v) is 2.71. The van der Waals surface area contributed by atoms with Crippen LogP contribution in [0.3, 0.4) is 0 Å². The molecule has 0 aromatic heterocycles. The number of hydrogen-bond donors (Lipinski definition) is 2. The van der Waals surface area contributed by atoms with Crippen LogP contribution in [-0.4, -0.2) is 38.8 Å². The highest BCUT2D eigenvalue weighted by molar-refractivity contribution is 9.10. The van der Waals surface area contributed by atoms with Gasteiger partial charge in [-0.2, -0.15) is 0 Å². The van der Waals surface area contributed by atoms with E-state index >= 15 is 0 Å². The highest BCUT2D eigenvalue weighted by Gasteiger charge is 2.33. The van der Waals surface area contributed by atoms with Crippen LogP contribution in [0.25, 0.3) is 0 Å². The first-order chi connectivity index (χ1) is 10.2. The second-order valence-corrected chi connectivity index (χ2v) is 5.95. The van der Waals surface area contributed by atoms with Gasteiger partial charge in [-0.05, 0) is 31.2 Å². The predicted octanol–water partition coefficient (Wildman–Crippen LogP) is 2.41. The Morgan fingerprint density at radius 2 is 2.29 bits per heavy atom. The zero-order valence-corrected chi connectivity index (χ0v) is 13.9. The van der Waals surface area contributed by atoms with Crippen molar-refractivity contribution in [1.29, 1.82) is 0 Å². The molecule has 5 nitrogen and oxygen atoms in total. The summed E-state index contributed by atoms with van der Waals surface area (Å²) in [4.78, 5) is 12.5. The molecule has 1 heterocycles. The minimum absolute atomic E-state index is 0.0440. The number of halogens is 1. The summed E-state index contributed by atoms with van der Waals surface area (Å²) in [5.74, 6) is 0.418. The van der Waals surface area contributed by atoms with Gasteiger partial charge < -0.3 is 20.1 Å². The third kappa shape index (κ3) is 4.18. The van der Waals surface area contributed by atoms with Gasteiger partial charge in [0.2, 0.25) is 5.91 Å². The van der Waals surface area contributed by atoms with Crippen molar-refractivity contribution in [3.63, 3.8) is 0 Å². The van der Waals surface area contributed by atoms with Gasteiger partial charge in [0.1, 0.15) is 5.75 Å². The number of ether oxygens (including phenoxy) is 2. The summed E-state index contributed by atoms with van der Waals surface area (Å²) in [6.07, 6.45) is 1.03. The molecule has 2 atom stereocenters. The fourth-order valence-electron chi connectivity index (χ4n) is 2.35. The van der Waals surface area contributed by atoms with Crippen molar-refractivity contribution in [1.82, 2.24) is 5.32 Å². The Labute approximate surface area is 133 Å². The van der Waals surface area contributed by atoms with Gasteiger partial charge in [-0.15, -0.1) is 0 Å². The highest BCUT2D eigenvalue weighted by atomic mass is 79.9. The van der Waals surface area contributed by atoms with Crippen LogP contribution in [0.2, 0.25) is 0 Å². The third-order valence-electron chi connectivity index (χ3n) is 3.49. The number of nitrogens with one attached hydrogen (secondary N) is 2. The maximum atomic E-state index is 12.5. The molecule has 2 rings (SSSR count). The molecule has 0 saturated carbocycles. The summed E-state index contributed by atoms with van der Waals surface area (Å²) in [6.45, 7) is 4.01. The van der Waals surface area contributed by atoms with Crippen LogP contribution in [0.15, 0.2) is 22.7 Å². The molecule has 2 unspecified atom stereocenters. The zero-order valence-electron chi connectivity index (χ0n) is 12.3. The van der Waals surface area contributed by atoms with E-state index in [0.717, 1.165) is 17.4 Å². The third-order valence-corrected chi connectivity index (χ3v) is 3.99. The number of benzene rings is 1. The molecule has 0 aliphatic carbocycles. The lowest BCUT2D eigenvalue weighted by molar-refractivity contribution is -0.120. The second kappa shape index (κ2) is 7.77. The maximum absolute atomic E-state index is 12.5. The zero-order chi connectivity index (χ0) is 15.2. The molecule has 1 aromatic rings. The normalized spacial score (nSPS) is 21.3. The number of carbonyl (C=O) groups is 1. The molecule has 1 amide bonds. The summed E-state index contributed by atoms with van der Waals surface area (Å²) in [5.41, 5.74) is 0.665. The Kier molecular flexibility index (Phi) is 6.02. The fraction of sp³-hybridized carbons (Fsp3) is 0.533. The smallest absolute Gasteiger partial charge is 0.231 e. The SMILES string of the molecule is CCCNC1COCC1C(=O)Nc1cc(Br)ccc1OC. The molecule has 116 valence electrons. The van der Waals surface area contributed by atoms with E-state index in [1.807, 2.05) is 18.2 Å². The Hall–Kier alpha value is -1.11. The van der Waals surface area contributed by atoms with Gasteiger partial charge in [0.25, 0.3) is 0 Å². The second-order valence-electron chi connectivity index (χ2n) is 5.04. The minimum atomic E-state index is -0.180. The number of rotatable bonds is 6. The monoisotopic (exact) mass is 356 g/mol. The van der Waals surface area contributed by atoms with Crippen LogP contribution in [0.5, 0.6) is 5.75 Å². The lowest BCUT2D eigenvalue weighted by Crippen LogP contribution is -2.41. The lowest BCUT2D eigenvalue weighted by Gasteiger charge is -2.19. The van der Waals surface area contributed by atoms with Crippen molar-refractivity contribution in [2.75, 3.05) is 32.2 Å². The van der Waals surface area contributed by atoms with Crippen LogP contribution in [-0.2, 0) is 9.53 Å². The van der Waals surface area contributed by atoms with Crippen molar-refractivity contribution in [3.05, 3.63) is 22.7 Å². The first-order valence-electron chi connectivity index (χ1n) is 7.11. The molecular formula is C15H21BrN2O3. The molecule has 0 spiro atoms. The quantitative estimate of drug-likeness (QED) is 0.821. The van der Waals surface area contributed by atoms with Crippen LogP contribution >= 0.6 is 15.9 Å². The molecule has 1 aliphatic rings. The van der Waals surface area contributed by atoms with Gasteiger partial charge in [0.05, 0.1) is 31.9 Å². The Balaban J connectivity index is 2.05. The number of amides is 1. The summed E-state index contributed by atoms with van der Waals surface area (Å²) in [5, 5.41) is 6.30. The van der Waals surface area contributed by atoms with Gasteiger partial charge in [0, 0.05) is 10.5 Å². The highest BCUT2D eigenvalue weighted by Crippen LogP contribution is 2.29. The Morgan fingerprint density at radius 3 is 3.00 bits per heavy atom. The first-order valence-corrected chi connectivity index (χ1v) is 7.90. The first kappa shape index (κ1) is 16.3. The Morgan fingerprint density at radius 1 is 1.48 bits per heavy atom. The van der Waals surface area contributed by atoms with Crippen LogP contribution in [0.1, 0.15) is 13.3 Å². The van der Waals surface area contributed by atoms with Gasteiger partial charge in [-0.3, -0.25) is 4.79 Å². The Bertz CT molecular complexity index is 496. The summed E-state index contributed by atoms with van der Waals surface area (Å²) in [7, 11) is 1.59. The van der Waals surface area contributed by atoms with Crippen molar-refractivity contribution in [3.8, 4) is 5.75 Å². The number of carbonyl (C=O) groups excluding carboxylic acids is 1. The van der Waals surface area contributed by atoms with Gasteiger partial charge in [-0.25, -0.2) is 0 Å². The molecule has 1 fully saturated rings. The number of anilines is 1. The summed E-state index contributed by atoms with van der Waals surface area (Å²) >= 11 is 3.40. The van der Waals surface area contributed by atoms with Crippen molar-refractivity contribution >= 4 is 27.5 Å². The average Bonchev–Trinajstić information content (AvgIpc) is 2.94. The van der Waals surface area contributed by atoms with Gasteiger partial charge in [0.15, 0.2) is 0 Å². The summed E-state index contributed by atoms with van der Waals surface area (Å²) in [6, 6.07) is 5.60.